The quantitative estimate of drug-likeness (QED) is 0.720. The van der Waals surface area contributed by atoms with E-state index in [1.54, 1.807) is 25.1 Å². The topological polar surface area (TPSA) is 101 Å². The van der Waals surface area contributed by atoms with Crippen molar-refractivity contribution < 1.29 is 14.4 Å². The van der Waals surface area contributed by atoms with Crippen molar-refractivity contribution in [3.05, 3.63) is 29.3 Å². The number of fused-ring (bicyclic) bond motifs is 1. The minimum atomic E-state index is -0.464. The maximum Gasteiger partial charge on any atom is 0.251 e. The highest BCUT2D eigenvalue weighted by molar-refractivity contribution is 6.02. The van der Waals surface area contributed by atoms with E-state index in [2.05, 4.69) is 10.6 Å². The Kier molecular flexibility index (Phi) is 3.50. The summed E-state index contributed by atoms with van der Waals surface area (Å²) >= 11 is 0. The Morgan fingerprint density at radius 2 is 2.21 bits per heavy atom. The van der Waals surface area contributed by atoms with Crippen LogP contribution in [0, 0.1) is 0 Å². The van der Waals surface area contributed by atoms with Crippen LogP contribution in [0.2, 0.25) is 0 Å². The lowest BCUT2D eigenvalue weighted by Gasteiger charge is -2.12. The van der Waals surface area contributed by atoms with Crippen molar-refractivity contribution in [1.82, 2.24) is 5.32 Å². The van der Waals surface area contributed by atoms with Gasteiger partial charge in [0, 0.05) is 23.7 Å². The van der Waals surface area contributed by atoms with E-state index in [4.69, 9.17) is 5.73 Å². The Morgan fingerprint density at radius 3 is 2.89 bits per heavy atom. The number of nitrogens with two attached hydrogens (primary N) is 1. The first-order valence-electron chi connectivity index (χ1n) is 5.97. The number of anilines is 1. The molecule has 1 aliphatic heterocycles. The van der Waals surface area contributed by atoms with Gasteiger partial charge in [-0.2, -0.15) is 0 Å². The zero-order valence-electron chi connectivity index (χ0n) is 10.5. The molecule has 6 nitrogen and oxygen atoms in total. The molecule has 1 aromatic rings. The molecule has 0 radical (unpaired) electrons. The Hall–Kier alpha value is -2.37. The SMILES string of the molecule is CC(CC(N)=O)NC(=O)c1ccc2c(c1)NC(=O)C2. The van der Waals surface area contributed by atoms with Crippen LogP contribution < -0.4 is 16.4 Å². The lowest BCUT2D eigenvalue weighted by molar-refractivity contribution is -0.118. The molecule has 0 saturated heterocycles. The van der Waals surface area contributed by atoms with Crippen LogP contribution in [0.4, 0.5) is 5.69 Å². The summed E-state index contributed by atoms with van der Waals surface area (Å²) in [5.41, 5.74) is 7.05. The molecule has 0 aliphatic carbocycles. The van der Waals surface area contributed by atoms with Crippen molar-refractivity contribution in [3.63, 3.8) is 0 Å². The van der Waals surface area contributed by atoms with Gasteiger partial charge in [0.1, 0.15) is 0 Å². The highest BCUT2D eigenvalue weighted by atomic mass is 16.2. The third-order valence-corrected chi connectivity index (χ3v) is 2.88. The summed E-state index contributed by atoms with van der Waals surface area (Å²) in [6.07, 6.45) is 0.433. The van der Waals surface area contributed by atoms with Crippen LogP contribution in [-0.4, -0.2) is 23.8 Å². The monoisotopic (exact) mass is 261 g/mol. The smallest absolute Gasteiger partial charge is 0.251 e. The summed E-state index contributed by atoms with van der Waals surface area (Å²) < 4.78 is 0. The molecule has 1 aliphatic rings. The molecule has 0 aromatic heterocycles. The Balaban J connectivity index is 2.06. The number of carbonyl (C=O) groups is 3. The zero-order valence-corrected chi connectivity index (χ0v) is 10.5. The summed E-state index contributed by atoms with van der Waals surface area (Å²) in [5, 5.41) is 5.36. The molecular weight excluding hydrogens is 246 g/mol. The van der Waals surface area contributed by atoms with Crippen molar-refractivity contribution in [1.29, 1.82) is 0 Å². The van der Waals surface area contributed by atoms with Crippen LogP contribution in [0.3, 0.4) is 0 Å². The van der Waals surface area contributed by atoms with Gasteiger partial charge in [0.05, 0.1) is 6.42 Å². The molecular formula is C13H15N3O3. The summed E-state index contributed by atoms with van der Waals surface area (Å²) in [6.45, 7) is 1.71. The fraction of sp³-hybridized carbons (Fsp3) is 0.308. The second-order valence-corrected chi connectivity index (χ2v) is 4.64. The molecule has 19 heavy (non-hydrogen) atoms. The van der Waals surface area contributed by atoms with Gasteiger partial charge in [0.15, 0.2) is 0 Å². The Labute approximate surface area is 110 Å². The molecule has 0 fully saturated rings. The van der Waals surface area contributed by atoms with Gasteiger partial charge in [0.2, 0.25) is 11.8 Å². The minimum absolute atomic E-state index is 0.0744. The predicted molar refractivity (Wildman–Crippen MR) is 69.5 cm³/mol. The van der Waals surface area contributed by atoms with Crippen molar-refractivity contribution in [2.75, 3.05) is 5.32 Å². The third-order valence-electron chi connectivity index (χ3n) is 2.88. The summed E-state index contributed by atoms with van der Waals surface area (Å²) in [4.78, 5) is 33.9. The van der Waals surface area contributed by atoms with Gasteiger partial charge < -0.3 is 16.4 Å². The Bertz CT molecular complexity index is 554. The van der Waals surface area contributed by atoms with Crippen LogP contribution >= 0.6 is 0 Å². The van der Waals surface area contributed by atoms with Crippen LogP contribution in [-0.2, 0) is 16.0 Å². The fourth-order valence-corrected chi connectivity index (χ4v) is 2.02. The van der Waals surface area contributed by atoms with Crippen LogP contribution in [0.15, 0.2) is 18.2 Å². The molecule has 1 unspecified atom stereocenters. The molecule has 1 atom stereocenters. The minimum Gasteiger partial charge on any atom is -0.370 e. The average molecular weight is 261 g/mol. The third kappa shape index (κ3) is 3.09. The van der Waals surface area contributed by atoms with Crippen LogP contribution in [0.25, 0.3) is 0 Å². The molecule has 1 heterocycles. The van der Waals surface area contributed by atoms with Gasteiger partial charge in [0.25, 0.3) is 5.91 Å². The number of amides is 3. The van der Waals surface area contributed by atoms with E-state index in [-0.39, 0.29) is 24.3 Å². The molecule has 6 heteroatoms. The van der Waals surface area contributed by atoms with Gasteiger partial charge in [-0.25, -0.2) is 0 Å². The van der Waals surface area contributed by atoms with Crippen molar-refractivity contribution in [3.8, 4) is 0 Å². The van der Waals surface area contributed by atoms with Gasteiger partial charge in [-0.05, 0) is 24.6 Å². The summed E-state index contributed by atoms with van der Waals surface area (Å²) in [5.74, 6) is -0.832. The molecule has 100 valence electrons. The molecule has 4 N–H and O–H groups in total. The van der Waals surface area contributed by atoms with E-state index in [0.717, 1.165) is 5.56 Å². The molecule has 2 rings (SSSR count). The highest BCUT2D eigenvalue weighted by Gasteiger charge is 2.19. The number of primary amides is 1. The largest absolute Gasteiger partial charge is 0.370 e. The molecule has 0 saturated carbocycles. The second-order valence-electron chi connectivity index (χ2n) is 4.64. The summed E-state index contributed by atoms with van der Waals surface area (Å²) in [6, 6.07) is 4.71. The number of rotatable bonds is 4. The van der Waals surface area contributed by atoms with E-state index < -0.39 is 5.91 Å². The highest BCUT2D eigenvalue weighted by Crippen LogP contribution is 2.23. The number of hydrogen-bond acceptors (Lipinski definition) is 3. The van der Waals surface area contributed by atoms with Gasteiger partial charge in [-0.15, -0.1) is 0 Å². The Morgan fingerprint density at radius 1 is 1.47 bits per heavy atom. The predicted octanol–water partition coefficient (Wildman–Crippen LogP) is 0.175. The first kappa shape index (κ1) is 13.1. The van der Waals surface area contributed by atoms with E-state index in [1.165, 1.54) is 0 Å². The number of nitrogens with one attached hydrogen (secondary N) is 2. The fourth-order valence-electron chi connectivity index (χ4n) is 2.02. The van der Waals surface area contributed by atoms with Crippen molar-refractivity contribution >= 4 is 23.4 Å². The first-order valence-corrected chi connectivity index (χ1v) is 5.97. The second kappa shape index (κ2) is 5.09. The maximum atomic E-state index is 11.9. The molecule has 3 amide bonds. The number of benzene rings is 1. The molecule has 0 spiro atoms. The van der Waals surface area contributed by atoms with Crippen LogP contribution in [0.1, 0.15) is 29.3 Å². The molecule has 0 bridgehead atoms. The van der Waals surface area contributed by atoms with Crippen molar-refractivity contribution in [2.24, 2.45) is 5.73 Å². The van der Waals surface area contributed by atoms with E-state index in [1.807, 2.05) is 0 Å². The maximum absolute atomic E-state index is 11.9. The number of hydrogen-bond donors (Lipinski definition) is 3. The van der Waals surface area contributed by atoms with Crippen molar-refractivity contribution in [2.45, 2.75) is 25.8 Å². The van der Waals surface area contributed by atoms with Crippen LogP contribution in [0.5, 0.6) is 0 Å². The average Bonchev–Trinajstić information content (AvgIpc) is 2.66. The number of carbonyl (C=O) groups excluding carboxylic acids is 3. The first-order chi connectivity index (χ1) is 8.95. The summed E-state index contributed by atoms with van der Waals surface area (Å²) in [7, 11) is 0. The lowest BCUT2D eigenvalue weighted by Crippen LogP contribution is -2.35. The van der Waals surface area contributed by atoms with Gasteiger partial charge in [-0.1, -0.05) is 6.07 Å². The van der Waals surface area contributed by atoms with Gasteiger partial charge >= 0.3 is 0 Å². The van der Waals surface area contributed by atoms with E-state index in [9.17, 15) is 14.4 Å². The zero-order chi connectivity index (χ0) is 14.0. The standard InChI is InChI=1S/C13H15N3O3/c1-7(4-11(14)17)15-13(19)9-3-2-8-6-12(18)16-10(8)5-9/h2-3,5,7H,4,6H2,1H3,(H2,14,17)(H,15,19)(H,16,18). The van der Waals surface area contributed by atoms with E-state index in [0.29, 0.717) is 17.7 Å². The lowest BCUT2D eigenvalue weighted by atomic mass is 10.1. The van der Waals surface area contributed by atoms with E-state index >= 15 is 0 Å². The molecule has 1 aromatic carbocycles. The normalized spacial score (nSPS) is 14.5. The van der Waals surface area contributed by atoms with Gasteiger partial charge in [-0.3, -0.25) is 14.4 Å².